The summed E-state index contributed by atoms with van der Waals surface area (Å²) in [6, 6.07) is 5.29. The lowest BCUT2D eigenvalue weighted by Crippen LogP contribution is -2.11. The molecule has 1 aromatic carbocycles. The Balaban J connectivity index is 2.33. The minimum Gasteiger partial charge on any atom is -0.311 e. The molecule has 1 heterocycles. The van der Waals surface area contributed by atoms with Crippen molar-refractivity contribution in [2.45, 2.75) is 19.9 Å². The molecular formula is C12H14FN3S. The molecule has 17 heavy (non-hydrogen) atoms. The second-order valence-electron chi connectivity index (χ2n) is 3.92. The van der Waals surface area contributed by atoms with Crippen molar-refractivity contribution in [1.29, 1.82) is 0 Å². The lowest BCUT2D eigenvalue weighted by Gasteiger charge is -2.03. The summed E-state index contributed by atoms with van der Waals surface area (Å²) in [7, 11) is 1.87. The molecule has 1 atom stereocenters. The van der Waals surface area contributed by atoms with Crippen LogP contribution in [0.2, 0.25) is 0 Å². The number of rotatable bonds is 3. The second kappa shape index (κ2) is 4.89. The molecule has 1 aromatic heterocycles. The third-order valence-electron chi connectivity index (χ3n) is 2.66. The fourth-order valence-electron chi connectivity index (χ4n) is 1.38. The van der Waals surface area contributed by atoms with E-state index >= 15 is 0 Å². The van der Waals surface area contributed by atoms with Crippen LogP contribution < -0.4 is 5.32 Å². The van der Waals surface area contributed by atoms with Crippen LogP contribution in [0, 0.1) is 12.7 Å². The highest BCUT2D eigenvalue weighted by molar-refractivity contribution is 7.14. The molecule has 3 nitrogen and oxygen atoms in total. The zero-order chi connectivity index (χ0) is 12.4. The SMILES string of the molecule is CNC(C)c1nnc(-c2ccc(C)c(F)c2)s1. The van der Waals surface area contributed by atoms with Gasteiger partial charge in [0.05, 0.1) is 6.04 Å². The van der Waals surface area contributed by atoms with Crippen molar-refractivity contribution in [3.05, 3.63) is 34.6 Å². The number of benzene rings is 1. The van der Waals surface area contributed by atoms with Crippen LogP contribution in [0.15, 0.2) is 18.2 Å². The third kappa shape index (κ3) is 2.50. The molecule has 5 heteroatoms. The smallest absolute Gasteiger partial charge is 0.147 e. The van der Waals surface area contributed by atoms with Crippen LogP contribution in [-0.4, -0.2) is 17.2 Å². The first-order valence-electron chi connectivity index (χ1n) is 5.39. The minimum atomic E-state index is -0.207. The van der Waals surface area contributed by atoms with Crippen LogP contribution in [0.1, 0.15) is 23.5 Å². The van der Waals surface area contributed by atoms with Crippen molar-refractivity contribution in [2.75, 3.05) is 7.05 Å². The minimum absolute atomic E-state index is 0.163. The maximum atomic E-state index is 13.4. The number of nitrogens with one attached hydrogen (secondary N) is 1. The Morgan fingerprint density at radius 2 is 2.12 bits per heavy atom. The summed E-state index contributed by atoms with van der Waals surface area (Å²) in [6.07, 6.45) is 0. The van der Waals surface area contributed by atoms with Crippen LogP contribution >= 0.6 is 11.3 Å². The van der Waals surface area contributed by atoms with Crippen LogP contribution in [0.5, 0.6) is 0 Å². The van der Waals surface area contributed by atoms with E-state index < -0.39 is 0 Å². The fraction of sp³-hybridized carbons (Fsp3) is 0.333. The normalized spacial score (nSPS) is 12.7. The third-order valence-corrected chi connectivity index (χ3v) is 3.82. The summed E-state index contributed by atoms with van der Waals surface area (Å²) >= 11 is 1.48. The molecule has 2 aromatic rings. The van der Waals surface area contributed by atoms with Gasteiger partial charge in [0.15, 0.2) is 0 Å². The zero-order valence-corrected chi connectivity index (χ0v) is 10.8. The van der Waals surface area contributed by atoms with Gasteiger partial charge in [0, 0.05) is 5.56 Å². The van der Waals surface area contributed by atoms with Gasteiger partial charge < -0.3 is 5.32 Å². The molecule has 0 aliphatic rings. The summed E-state index contributed by atoms with van der Waals surface area (Å²) in [5.41, 5.74) is 1.42. The largest absolute Gasteiger partial charge is 0.311 e. The van der Waals surface area contributed by atoms with Gasteiger partial charge >= 0.3 is 0 Å². The molecule has 0 aliphatic carbocycles. The summed E-state index contributed by atoms with van der Waals surface area (Å²) < 4.78 is 13.4. The first kappa shape index (κ1) is 12.1. The van der Waals surface area contributed by atoms with Crippen molar-refractivity contribution in [3.63, 3.8) is 0 Å². The van der Waals surface area contributed by atoms with E-state index in [9.17, 15) is 4.39 Å². The molecule has 0 fully saturated rings. The fourth-order valence-corrected chi connectivity index (χ4v) is 2.28. The predicted octanol–water partition coefficient (Wildman–Crippen LogP) is 2.93. The molecule has 1 unspecified atom stereocenters. The maximum absolute atomic E-state index is 13.4. The standard InChI is InChI=1S/C12H14FN3S/c1-7-4-5-9(6-10(7)13)12-16-15-11(17-12)8(2)14-3/h4-6,8,14H,1-3H3. The highest BCUT2D eigenvalue weighted by Crippen LogP contribution is 2.27. The van der Waals surface area contributed by atoms with Gasteiger partial charge in [-0.1, -0.05) is 23.5 Å². The molecule has 0 spiro atoms. The van der Waals surface area contributed by atoms with E-state index in [0.717, 1.165) is 15.6 Å². The van der Waals surface area contributed by atoms with E-state index in [1.54, 1.807) is 13.0 Å². The van der Waals surface area contributed by atoms with E-state index in [4.69, 9.17) is 0 Å². The Morgan fingerprint density at radius 3 is 2.76 bits per heavy atom. The molecule has 0 saturated heterocycles. The van der Waals surface area contributed by atoms with E-state index in [0.29, 0.717) is 5.56 Å². The van der Waals surface area contributed by atoms with Crippen LogP contribution in [0.4, 0.5) is 4.39 Å². The number of hydrogen-bond donors (Lipinski definition) is 1. The number of aryl methyl sites for hydroxylation is 1. The first-order chi connectivity index (χ1) is 8.11. The van der Waals surface area contributed by atoms with Gasteiger partial charge in [-0.25, -0.2) is 4.39 Å². The van der Waals surface area contributed by atoms with Crippen molar-refractivity contribution in [2.24, 2.45) is 0 Å². The van der Waals surface area contributed by atoms with E-state index in [2.05, 4.69) is 15.5 Å². The highest BCUT2D eigenvalue weighted by Gasteiger charge is 2.12. The van der Waals surface area contributed by atoms with Crippen LogP contribution in [-0.2, 0) is 0 Å². The predicted molar refractivity (Wildman–Crippen MR) is 67.5 cm³/mol. The zero-order valence-electron chi connectivity index (χ0n) is 9.99. The number of halogens is 1. The Bertz CT molecular complexity index is 524. The quantitative estimate of drug-likeness (QED) is 0.911. The molecule has 0 saturated carbocycles. The van der Waals surface area contributed by atoms with Gasteiger partial charge in [0.25, 0.3) is 0 Å². The van der Waals surface area contributed by atoms with E-state index in [1.165, 1.54) is 17.4 Å². The Labute approximate surface area is 104 Å². The lowest BCUT2D eigenvalue weighted by atomic mass is 10.1. The Hall–Kier alpha value is -1.33. The average Bonchev–Trinajstić information content (AvgIpc) is 2.81. The highest BCUT2D eigenvalue weighted by atomic mass is 32.1. The van der Waals surface area contributed by atoms with Crippen molar-refractivity contribution < 1.29 is 4.39 Å². The molecule has 0 amide bonds. The first-order valence-corrected chi connectivity index (χ1v) is 6.20. The summed E-state index contributed by atoms with van der Waals surface area (Å²) in [4.78, 5) is 0. The number of aromatic nitrogens is 2. The second-order valence-corrected chi connectivity index (χ2v) is 4.93. The summed E-state index contributed by atoms with van der Waals surface area (Å²) in [5.74, 6) is -0.207. The van der Waals surface area contributed by atoms with Gasteiger partial charge in [-0.05, 0) is 32.5 Å². The molecule has 2 rings (SSSR count). The van der Waals surface area contributed by atoms with Crippen molar-refractivity contribution >= 4 is 11.3 Å². The maximum Gasteiger partial charge on any atom is 0.147 e. The van der Waals surface area contributed by atoms with E-state index in [-0.39, 0.29) is 11.9 Å². The lowest BCUT2D eigenvalue weighted by molar-refractivity contribution is 0.619. The van der Waals surface area contributed by atoms with Gasteiger partial charge in [-0.15, -0.1) is 10.2 Å². The van der Waals surface area contributed by atoms with Crippen LogP contribution in [0.25, 0.3) is 10.6 Å². The Morgan fingerprint density at radius 1 is 1.35 bits per heavy atom. The number of nitrogens with zero attached hydrogens (tertiary/aromatic N) is 2. The van der Waals surface area contributed by atoms with E-state index in [1.807, 2.05) is 20.0 Å². The monoisotopic (exact) mass is 251 g/mol. The molecule has 90 valence electrons. The molecular weight excluding hydrogens is 237 g/mol. The van der Waals surface area contributed by atoms with Gasteiger partial charge in [0.2, 0.25) is 0 Å². The Kier molecular flexibility index (Phi) is 3.49. The number of hydrogen-bond acceptors (Lipinski definition) is 4. The molecule has 0 aliphatic heterocycles. The molecule has 0 bridgehead atoms. The van der Waals surface area contributed by atoms with Gasteiger partial charge in [-0.2, -0.15) is 0 Å². The molecule has 1 N–H and O–H groups in total. The summed E-state index contributed by atoms with van der Waals surface area (Å²) in [5, 5.41) is 12.9. The topological polar surface area (TPSA) is 37.8 Å². The van der Waals surface area contributed by atoms with Gasteiger partial charge in [0.1, 0.15) is 15.8 Å². The van der Waals surface area contributed by atoms with Crippen molar-refractivity contribution in [1.82, 2.24) is 15.5 Å². The van der Waals surface area contributed by atoms with Crippen LogP contribution in [0.3, 0.4) is 0 Å². The summed E-state index contributed by atoms with van der Waals surface area (Å²) in [6.45, 7) is 3.76. The average molecular weight is 251 g/mol. The van der Waals surface area contributed by atoms with Gasteiger partial charge in [-0.3, -0.25) is 0 Å². The van der Waals surface area contributed by atoms with Crippen molar-refractivity contribution in [3.8, 4) is 10.6 Å². The molecule has 0 radical (unpaired) electrons.